The number of allylic oxidation sites excluding steroid dienone is 2. The van der Waals surface area contributed by atoms with Crippen LogP contribution in [0.2, 0.25) is 0 Å². The fourth-order valence-electron chi connectivity index (χ4n) is 4.12. The second-order valence-electron chi connectivity index (χ2n) is 8.59. The molecular formula is C29H24BrFN4O2S. The Morgan fingerprint density at radius 1 is 1.03 bits per heavy atom. The van der Waals surface area contributed by atoms with E-state index in [2.05, 4.69) is 37.9 Å². The quantitative estimate of drug-likeness (QED) is 0.288. The number of hydrogen-bond donors (Lipinski definition) is 3. The molecule has 0 spiro atoms. The van der Waals surface area contributed by atoms with Crippen molar-refractivity contribution in [2.75, 3.05) is 16.4 Å². The Bertz CT molecular complexity index is 1490. The van der Waals surface area contributed by atoms with Crippen molar-refractivity contribution < 1.29 is 14.0 Å². The minimum absolute atomic E-state index is 0.00554. The zero-order chi connectivity index (χ0) is 27.2. The molecule has 3 N–H and O–H groups in total. The molecule has 0 bridgehead atoms. The molecule has 0 aliphatic carbocycles. The van der Waals surface area contributed by atoms with Gasteiger partial charge in [-0.3, -0.25) is 9.59 Å². The number of dihydropyridines is 1. The summed E-state index contributed by atoms with van der Waals surface area (Å²) in [5.74, 6) is -2.19. The summed E-state index contributed by atoms with van der Waals surface area (Å²) < 4.78 is 16.0. The zero-order valence-electron chi connectivity index (χ0n) is 20.6. The van der Waals surface area contributed by atoms with Gasteiger partial charge in [-0.25, -0.2) is 4.39 Å². The fourth-order valence-corrected chi connectivity index (χ4v) is 5.27. The van der Waals surface area contributed by atoms with E-state index in [9.17, 15) is 14.9 Å². The van der Waals surface area contributed by atoms with Crippen LogP contribution < -0.4 is 16.0 Å². The highest BCUT2D eigenvalue weighted by molar-refractivity contribution is 9.10. The number of nitrogens with zero attached hydrogens (tertiary/aromatic N) is 1. The molecule has 38 heavy (non-hydrogen) atoms. The van der Waals surface area contributed by atoms with Crippen molar-refractivity contribution in [3.05, 3.63) is 116 Å². The largest absolute Gasteiger partial charge is 0.353 e. The van der Waals surface area contributed by atoms with E-state index in [1.54, 1.807) is 43.3 Å². The third-order valence-electron chi connectivity index (χ3n) is 5.98. The van der Waals surface area contributed by atoms with Crippen LogP contribution in [0.3, 0.4) is 0 Å². The molecular weight excluding hydrogens is 567 g/mol. The first kappa shape index (κ1) is 27.2. The first-order valence-electron chi connectivity index (χ1n) is 11.7. The highest BCUT2D eigenvalue weighted by Crippen LogP contribution is 2.41. The topological polar surface area (TPSA) is 94.0 Å². The van der Waals surface area contributed by atoms with Crippen molar-refractivity contribution in [3.8, 4) is 6.07 Å². The van der Waals surface area contributed by atoms with Crippen LogP contribution in [0.25, 0.3) is 0 Å². The average molecular weight is 592 g/mol. The lowest BCUT2D eigenvalue weighted by atomic mass is 9.82. The normalized spacial score (nSPS) is 15.0. The van der Waals surface area contributed by atoms with Gasteiger partial charge in [0.1, 0.15) is 5.82 Å². The number of carbonyl (C=O) groups is 2. The molecule has 1 atom stereocenters. The van der Waals surface area contributed by atoms with Gasteiger partial charge >= 0.3 is 0 Å². The van der Waals surface area contributed by atoms with Gasteiger partial charge in [0.2, 0.25) is 5.91 Å². The van der Waals surface area contributed by atoms with Gasteiger partial charge in [0.15, 0.2) is 0 Å². The molecule has 6 nitrogen and oxygen atoms in total. The molecule has 0 saturated heterocycles. The molecule has 1 aliphatic rings. The summed E-state index contributed by atoms with van der Waals surface area (Å²) in [5, 5.41) is 19.4. The van der Waals surface area contributed by atoms with E-state index in [1.807, 2.05) is 37.3 Å². The fraction of sp³-hybridized carbons (Fsp3) is 0.138. The average Bonchev–Trinajstić information content (AvgIpc) is 2.90. The maximum Gasteiger partial charge on any atom is 0.254 e. The van der Waals surface area contributed by atoms with Gasteiger partial charge in [-0.1, -0.05) is 64.1 Å². The summed E-state index contributed by atoms with van der Waals surface area (Å²) in [4.78, 5) is 26.2. The predicted octanol–water partition coefficient (Wildman–Crippen LogP) is 6.60. The maximum absolute atomic E-state index is 15.1. The molecule has 0 aromatic heterocycles. The lowest BCUT2D eigenvalue weighted by molar-refractivity contribution is -0.114. The van der Waals surface area contributed by atoms with E-state index < -0.39 is 17.6 Å². The van der Waals surface area contributed by atoms with Crippen LogP contribution in [0.15, 0.2) is 99.1 Å². The molecule has 1 aliphatic heterocycles. The van der Waals surface area contributed by atoms with Crippen LogP contribution in [0.4, 0.5) is 15.8 Å². The number of nitriles is 1. The van der Waals surface area contributed by atoms with Crippen molar-refractivity contribution in [1.82, 2.24) is 5.32 Å². The van der Waals surface area contributed by atoms with E-state index in [0.29, 0.717) is 22.1 Å². The Labute approximate surface area is 233 Å². The summed E-state index contributed by atoms with van der Waals surface area (Å²) in [6.45, 7) is 3.58. The van der Waals surface area contributed by atoms with Crippen LogP contribution in [-0.2, 0) is 9.59 Å². The number of amides is 2. The summed E-state index contributed by atoms with van der Waals surface area (Å²) in [6.07, 6.45) is 0. The van der Waals surface area contributed by atoms with E-state index in [0.717, 1.165) is 21.8 Å². The number of nitrogens with one attached hydrogen (secondary N) is 3. The minimum Gasteiger partial charge on any atom is -0.353 e. The van der Waals surface area contributed by atoms with Gasteiger partial charge < -0.3 is 16.0 Å². The summed E-state index contributed by atoms with van der Waals surface area (Å²) in [5.41, 5.74) is 3.21. The molecule has 192 valence electrons. The van der Waals surface area contributed by atoms with Gasteiger partial charge in [-0.05, 0) is 55.8 Å². The molecule has 3 aromatic rings. The first-order chi connectivity index (χ1) is 18.3. The lowest BCUT2D eigenvalue weighted by Crippen LogP contribution is -2.31. The molecule has 0 unspecified atom stereocenters. The molecule has 0 radical (unpaired) electrons. The molecule has 2 amide bonds. The van der Waals surface area contributed by atoms with Gasteiger partial charge in [0.05, 0.1) is 28.3 Å². The Morgan fingerprint density at radius 2 is 1.71 bits per heavy atom. The van der Waals surface area contributed by atoms with Crippen molar-refractivity contribution in [1.29, 1.82) is 5.26 Å². The number of para-hydroxylation sites is 1. The van der Waals surface area contributed by atoms with Crippen molar-refractivity contribution in [3.63, 3.8) is 0 Å². The van der Waals surface area contributed by atoms with Crippen LogP contribution >= 0.6 is 27.7 Å². The van der Waals surface area contributed by atoms with Gasteiger partial charge in [-0.15, -0.1) is 0 Å². The number of thioether (sulfide) groups is 1. The van der Waals surface area contributed by atoms with E-state index in [4.69, 9.17) is 0 Å². The summed E-state index contributed by atoms with van der Waals surface area (Å²) in [6, 6.07) is 22.8. The van der Waals surface area contributed by atoms with Gasteiger partial charge in [0, 0.05) is 32.7 Å². The second-order valence-corrected chi connectivity index (χ2v) is 10.5. The number of halogens is 2. The predicted molar refractivity (Wildman–Crippen MR) is 153 cm³/mol. The standard InChI is InChI=1S/C29H24BrFN4O2S/c1-17-7-3-6-10-24(17)35-28(37)26-18(2)33-29(22(15-32)27(26)21-8-4-5-9-23(21)31)38-16-25(36)34-20-13-11-19(30)12-14-20/h3-14,27,33H,16H2,1-2H3,(H,34,36)(H,35,37)/t27-/m1/s1. The summed E-state index contributed by atoms with van der Waals surface area (Å²) in [7, 11) is 0. The highest BCUT2D eigenvalue weighted by Gasteiger charge is 2.36. The Hall–Kier alpha value is -3.87. The first-order valence-corrected chi connectivity index (χ1v) is 13.5. The Morgan fingerprint density at radius 3 is 2.39 bits per heavy atom. The molecule has 1 heterocycles. The van der Waals surface area contributed by atoms with E-state index >= 15 is 4.39 Å². The van der Waals surface area contributed by atoms with E-state index in [1.165, 1.54) is 6.07 Å². The molecule has 0 saturated carbocycles. The van der Waals surface area contributed by atoms with Crippen molar-refractivity contribution >= 4 is 50.9 Å². The minimum atomic E-state index is -0.955. The number of carbonyl (C=O) groups excluding carboxylic acids is 2. The van der Waals surface area contributed by atoms with Crippen LogP contribution in [0.5, 0.6) is 0 Å². The number of rotatable bonds is 7. The van der Waals surface area contributed by atoms with Crippen LogP contribution in [-0.4, -0.2) is 17.6 Å². The van der Waals surface area contributed by atoms with Crippen molar-refractivity contribution in [2.45, 2.75) is 19.8 Å². The molecule has 3 aromatic carbocycles. The second kappa shape index (κ2) is 12.1. The third kappa shape index (κ3) is 6.15. The molecule has 9 heteroatoms. The lowest BCUT2D eigenvalue weighted by Gasteiger charge is -2.30. The number of hydrogen-bond acceptors (Lipinski definition) is 5. The number of benzene rings is 3. The maximum atomic E-state index is 15.1. The number of anilines is 2. The van der Waals surface area contributed by atoms with Crippen LogP contribution in [0.1, 0.15) is 24.0 Å². The summed E-state index contributed by atoms with van der Waals surface area (Å²) >= 11 is 4.49. The Kier molecular flexibility index (Phi) is 8.66. The Balaban J connectivity index is 1.65. The van der Waals surface area contributed by atoms with Gasteiger partial charge in [0.25, 0.3) is 5.91 Å². The van der Waals surface area contributed by atoms with Gasteiger partial charge in [-0.2, -0.15) is 5.26 Å². The third-order valence-corrected chi connectivity index (χ3v) is 7.52. The number of aryl methyl sites for hydroxylation is 1. The monoisotopic (exact) mass is 590 g/mol. The zero-order valence-corrected chi connectivity index (χ0v) is 23.0. The van der Waals surface area contributed by atoms with E-state index in [-0.39, 0.29) is 28.4 Å². The smallest absolute Gasteiger partial charge is 0.254 e. The van der Waals surface area contributed by atoms with Crippen molar-refractivity contribution in [2.24, 2.45) is 0 Å². The molecule has 4 rings (SSSR count). The SMILES string of the molecule is CC1=C(C(=O)Nc2ccccc2C)[C@H](c2ccccc2F)C(C#N)=C(SCC(=O)Nc2ccc(Br)cc2)N1. The highest BCUT2D eigenvalue weighted by atomic mass is 79.9. The molecule has 0 fully saturated rings. The van der Waals surface area contributed by atoms with Crippen LogP contribution in [0, 0.1) is 24.1 Å².